The van der Waals surface area contributed by atoms with Gasteiger partial charge in [0.1, 0.15) is 10.6 Å². The average Bonchev–Trinajstić information content (AvgIpc) is 2.21. The fourth-order valence-electron chi connectivity index (χ4n) is 1.11. The maximum absolute atomic E-state index is 10.8. The molecule has 0 atom stereocenters. The van der Waals surface area contributed by atoms with E-state index in [2.05, 4.69) is 0 Å². The predicted octanol–water partition coefficient (Wildman–Crippen LogP) is 1.76. The van der Waals surface area contributed by atoms with Crippen LogP contribution in [0.3, 0.4) is 0 Å². The lowest BCUT2D eigenvalue weighted by Crippen LogP contribution is -2.02. The first-order valence-corrected chi connectivity index (χ1v) is 4.27. The van der Waals surface area contributed by atoms with E-state index in [9.17, 15) is 9.90 Å². The number of benzene rings is 1. The number of carboxylic acids is 1. The van der Waals surface area contributed by atoms with Crippen LogP contribution in [0.2, 0.25) is 5.02 Å². The molecular weight excluding hydrogens is 224 g/mol. The van der Waals surface area contributed by atoms with E-state index in [1.165, 1.54) is 14.2 Å². The second kappa shape index (κ2) is 4.27. The average molecular weight is 233 g/mol. The van der Waals surface area contributed by atoms with Crippen LogP contribution in [0.4, 0.5) is 0 Å². The van der Waals surface area contributed by atoms with Gasteiger partial charge in [-0.05, 0) is 0 Å². The largest absolute Gasteiger partial charge is 0.503 e. The van der Waals surface area contributed by atoms with Crippen molar-refractivity contribution >= 4 is 17.6 Å². The number of halogens is 1. The third-order valence-corrected chi connectivity index (χ3v) is 2.17. The fourth-order valence-corrected chi connectivity index (χ4v) is 1.39. The topological polar surface area (TPSA) is 76.0 Å². The number of methoxy groups -OCH3 is 2. The highest BCUT2D eigenvalue weighted by Crippen LogP contribution is 2.43. The lowest BCUT2D eigenvalue weighted by molar-refractivity contribution is 0.0693. The molecular formula is C9H9ClO5. The van der Waals surface area contributed by atoms with E-state index in [4.69, 9.17) is 26.2 Å². The van der Waals surface area contributed by atoms with Crippen LogP contribution in [0, 0.1) is 0 Å². The molecule has 6 heteroatoms. The zero-order chi connectivity index (χ0) is 11.6. The molecule has 5 nitrogen and oxygen atoms in total. The number of carbonyl (C=O) groups is 1. The molecule has 0 heterocycles. The van der Waals surface area contributed by atoms with Crippen LogP contribution in [0.15, 0.2) is 6.07 Å². The second-order valence-electron chi connectivity index (χ2n) is 2.63. The minimum atomic E-state index is -1.22. The Balaban J connectivity index is 3.51. The summed E-state index contributed by atoms with van der Waals surface area (Å²) in [5, 5.41) is 18.2. The molecule has 15 heavy (non-hydrogen) atoms. The summed E-state index contributed by atoms with van der Waals surface area (Å²) in [6.45, 7) is 0. The first-order chi connectivity index (χ1) is 7.02. The van der Waals surface area contributed by atoms with E-state index in [1.807, 2.05) is 0 Å². The van der Waals surface area contributed by atoms with Crippen molar-refractivity contribution < 1.29 is 24.5 Å². The van der Waals surface area contributed by atoms with Crippen molar-refractivity contribution in [3.63, 3.8) is 0 Å². The van der Waals surface area contributed by atoms with Gasteiger partial charge in [0.25, 0.3) is 0 Å². The highest BCUT2D eigenvalue weighted by atomic mass is 35.5. The lowest BCUT2D eigenvalue weighted by atomic mass is 10.1. The molecule has 0 unspecified atom stereocenters. The molecule has 1 aromatic carbocycles. The Morgan fingerprint density at radius 1 is 1.40 bits per heavy atom. The van der Waals surface area contributed by atoms with Crippen LogP contribution in [0.5, 0.6) is 17.2 Å². The van der Waals surface area contributed by atoms with Gasteiger partial charge >= 0.3 is 5.97 Å². The van der Waals surface area contributed by atoms with Crippen LogP contribution in [0.25, 0.3) is 0 Å². The number of rotatable bonds is 3. The molecule has 0 aliphatic heterocycles. The summed E-state index contributed by atoms with van der Waals surface area (Å²) in [5.41, 5.74) is -0.169. The van der Waals surface area contributed by atoms with E-state index in [1.54, 1.807) is 0 Å². The third-order valence-electron chi connectivity index (χ3n) is 1.82. The monoisotopic (exact) mass is 232 g/mol. The van der Waals surface area contributed by atoms with Gasteiger partial charge in [-0.3, -0.25) is 0 Å². The van der Waals surface area contributed by atoms with Crippen LogP contribution in [-0.2, 0) is 0 Å². The maximum atomic E-state index is 10.8. The van der Waals surface area contributed by atoms with Gasteiger partial charge in [-0.1, -0.05) is 11.6 Å². The molecule has 0 saturated heterocycles. The van der Waals surface area contributed by atoms with Crippen LogP contribution in [-0.4, -0.2) is 30.4 Å². The summed E-state index contributed by atoms with van der Waals surface area (Å²) in [7, 11) is 2.56. The highest BCUT2D eigenvalue weighted by molar-refractivity contribution is 6.34. The van der Waals surface area contributed by atoms with E-state index in [-0.39, 0.29) is 27.8 Å². The number of carboxylic acid groups (broad SMARTS) is 1. The van der Waals surface area contributed by atoms with Crippen molar-refractivity contribution in [1.82, 2.24) is 0 Å². The Hall–Kier alpha value is -1.62. The smallest absolute Gasteiger partial charge is 0.339 e. The summed E-state index contributed by atoms with van der Waals surface area (Å²) >= 11 is 5.71. The van der Waals surface area contributed by atoms with Crippen molar-refractivity contribution in [3.8, 4) is 17.2 Å². The van der Waals surface area contributed by atoms with Crippen molar-refractivity contribution in [2.75, 3.05) is 14.2 Å². The molecule has 1 rings (SSSR count). The zero-order valence-electron chi connectivity index (χ0n) is 8.07. The Kier molecular flexibility index (Phi) is 3.26. The molecule has 0 bridgehead atoms. The third kappa shape index (κ3) is 1.92. The Morgan fingerprint density at radius 3 is 2.40 bits per heavy atom. The SMILES string of the molecule is COc1cc(C(=O)O)c(OC)c(Cl)c1O. The number of phenolic OH excluding ortho intramolecular Hbond substituents is 1. The second-order valence-corrected chi connectivity index (χ2v) is 3.01. The molecule has 0 saturated carbocycles. The quantitative estimate of drug-likeness (QED) is 0.831. The van der Waals surface area contributed by atoms with Gasteiger partial charge in [0, 0.05) is 6.07 Å². The first kappa shape index (κ1) is 11.5. The Bertz CT molecular complexity index is 402. The van der Waals surface area contributed by atoms with E-state index >= 15 is 0 Å². The summed E-state index contributed by atoms with van der Waals surface area (Å²) < 4.78 is 9.55. The van der Waals surface area contributed by atoms with Gasteiger partial charge in [-0.2, -0.15) is 0 Å². The maximum Gasteiger partial charge on any atom is 0.339 e. The molecule has 0 aliphatic rings. The number of phenols is 1. The van der Waals surface area contributed by atoms with Crippen molar-refractivity contribution in [1.29, 1.82) is 0 Å². The molecule has 0 aromatic heterocycles. The molecule has 0 amide bonds. The van der Waals surface area contributed by atoms with Crippen LogP contribution < -0.4 is 9.47 Å². The van der Waals surface area contributed by atoms with Gasteiger partial charge in [-0.25, -0.2) is 4.79 Å². The predicted molar refractivity (Wildman–Crippen MR) is 53.2 cm³/mol. The summed E-state index contributed by atoms with van der Waals surface area (Å²) in [6.07, 6.45) is 0. The van der Waals surface area contributed by atoms with Gasteiger partial charge in [-0.15, -0.1) is 0 Å². The van der Waals surface area contributed by atoms with Gasteiger partial charge in [0.2, 0.25) is 0 Å². The number of hydrogen-bond donors (Lipinski definition) is 2. The number of aromatic carboxylic acids is 1. The fraction of sp³-hybridized carbons (Fsp3) is 0.222. The molecule has 82 valence electrons. The number of aromatic hydroxyl groups is 1. The van der Waals surface area contributed by atoms with Gasteiger partial charge < -0.3 is 19.7 Å². The van der Waals surface area contributed by atoms with Gasteiger partial charge in [0.15, 0.2) is 17.2 Å². The lowest BCUT2D eigenvalue weighted by Gasteiger charge is -2.11. The normalized spacial score (nSPS) is 9.80. The van der Waals surface area contributed by atoms with Crippen molar-refractivity contribution in [2.24, 2.45) is 0 Å². The molecule has 0 radical (unpaired) electrons. The van der Waals surface area contributed by atoms with Crippen molar-refractivity contribution in [3.05, 3.63) is 16.7 Å². The van der Waals surface area contributed by atoms with Crippen LogP contribution in [0.1, 0.15) is 10.4 Å². The number of ether oxygens (including phenoxy) is 2. The van der Waals surface area contributed by atoms with Crippen molar-refractivity contribution in [2.45, 2.75) is 0 Å². The minimum absolute atomic E-state index is 0.0156. The Morgan fingerprint density at radius 2 is 2.00 bits per heavy atom. The summed E-state index contributed by atoms with van der Waals surface area (Å²) in [5.74, 6) is -1.67. The highest BCUT2D eigenvalue weighted by Gasteiger charge is 2.21. The number of hydrogen-bond acceptors (Lipinski definition) is 4. The molecule has 1 aromatic rings. The van der Waals surface area contributed by atoms with Gasteiger partial charge in [0.05, 0.1) is 14.2 Å². The first-order valence-electron chi connectivity index (χ1n) is 3.89. The summed E-state index contributed by atoms with van der Waals surface area (Å²) in [4.78, 5) is 10.8. The molecule has 0 aliphatic carbocycles. The standard InChI is InChI=1S/C9H9ClO5/c1-14-5-3-4(9(12)13)8(15-2)6(10)7(5)11/h3,11H,1-2H3,(H,12,13). The molecule has 0 fully saturated rings. The Labute approximate surface area is 90.8 Å². The molecule has 2 N–H and O–H groups in total. The van der Waals surface area contributed by atoms with E-state index < -0.39 is 5.97 Å². The van der Waals surface area contributed by atoms with E-state index in [0.717, 1.165) is 6.07 Å². The molecule has 0 spiro atoms. The zero-order valence-corrected chi connectivity index (χ0v) is 8.83. The van der Waals surface area contributed by atoms with E-state index in [0.29, 0.717) is 0 Å². The summed E-state index contributed by atoms with van der Waals surface area (Å²) in [6, 6.07) is 1.14. The van der Waals surface area contributed by atoms with Crippen LogP contribution >= 0.6 is 11.6 Å². The minimum Gasteiger partial charge on any atom is -0.503 e.